The molecule has 0 saturated heterocycles. The van der Waals surface area contributed by atoms with Crippen molar-refractivity contribution in [2.24, 2.45) is 0 Å². The number of benzene rings is 1. The molecule has 0 heterocycles. The van der Waals surface area contributed by atoms with Crippen LogP contribution in [0, 0.1) is 0 Å². The number of carbonyl (C=O) groups excluding carboxylic acids is 2. The van der Waals surface area contributed by atoms with Crippen molar-refractivity contribution >= 4 is 11.8 Å². The fourth-order valence-electron chi connectivity index (χ4n) is 2.90. The quantitative estimate of drug-likeness (QED) is 0.596. The van der Waals surface area contributed by atoms with Crippen LogP contribution in [-0.2, 0) is 32.2 Å². The van der Waals surface area contributed by atoms with E-state index < -0.39 is 11.6 Å². The maximum atomic E-state index is 12.1. The van der Waals surface area contributed by atoms with Gasteiger partial charge >= 0.3 is 5.97 Å². The summed E-state index contributed by atoms with van der Waals surface area (Å²) in [6, 6.07) is 8.14. The maximum Gasteiger partial charge on any atom is 0.339 e. The second kappa shape index (κ2) is 6.85. The summed E-state index contributed by atoms with van der Waals surface area (Å²) in [5.41, 5.74) is 1.73. The highest BCUT2D eigenvalue weighted by molar-refractivity contribution is 5.79. The Kier molecular flexibility index (Phi) is 5.12. The van der Waals surface area contributed by atoms with Crippen molar-refractivity contribution in [3.05, 3.63) is 35.4 Å². The molecule has 2 rings (SSSR count). The second-order valence-electron chi connectivity index (χ2n) is 5.75. The summed E-state index contributed by atoms with van der Waals surface area (Å²) in [7, 11) is 0. The molecule has 0 spiro atoms. The molecule has 4 nitrogen and oxygen atoms in total. The highest BCUT2D eigenvalue weighted by Gasteiger charge is 2.39. The Morgan fingerprint density at radius 2 is 1.95 bits per heavy atom. The van der Waals surface area contributed by atoms with Gasteiger partial charge in [-0.05, 0) is 30.4 Å². The van der Waals surface area contributed by atoms with Gasteiger partial charge in [0.25, 0.3) is 0 Å². The van der Waals surface area contributed by atoms with E-state index in [1.54, 1.807) is 0 Å². The van der Waals surface area contributed by atoms with E-state index in [0.29, 0.717) is 25.7 Å². The van der Waals surface area contributed by atoms with Crippen molar-refractivity contribution in [1.82, 2.24) is 0 Å². The molecule has 4 heteroatoms. The molecule has 1 unspecified atom stereocenters. The van der Waals surface area contributed by atoms with Crippen LogP contribution in [0.5, 0.6) is 0 Å². The van der Waals surface area contributed by atoms with Gasteiger partial charge in [0.1, 0.15) is 11.4 Å². The van der Waals surface area contributed by atoms with E-state index in [0.717, 1.165) is 12.8 Å². The Morgan fingerprint density at radius 1 is 1.24 bits per heavy atom. The molecular formula is C17H22O4. The lowest BCUT2D eigenvalue weighted by atomic mass is 9.77. The summed E-state index contributed by atoms with van der Waals surface area (Å²) >= 11 is 0. The number of Topliss-reactive ketones (excluding diaryl/α,β-unsaturated/α-hetero) is 1. The van der Waals surface area contributed by atoms with Crippen LogP contribution in [0.4, 0.5) is 0 Å². The van der Waals surface area contributed by atoms with Crippen molar-refractivity contribution in [3.8, 4) is 0 Å². The number of ketones is 1. The van der Waals surface area contributed by atoms with Gasteiger partial charge in [0.05, 0.1) is 0 Å². The largest absolute Gasteiger partial charge is 0.339 e. The first kappa shape index (κ1) is 15.7. The Balaban J connectivity index is 2.17. The van der Waals surface area contributed by atoms with Crippen LogP contribution in [0.3, 0.4) is 0 Å². The van der Waals surface area contributed by atoms with Gasteiger partial charge in [-0.2, -0.15) is 4.89 Å². The highest BCUT2D eigenvalue weighted by atomic mass is 17.2. The van der Waals surface area contributed by atoms with Gasteiger partial charge < -0.3 is 0 Å². The third-order valence-electron chi connectivity index (χ3n) is 3.86. The SMILES string of the molecule is CCCC(=O)CC1(OOC(C)=O)CCc2ccccc2C1. The number of fused-ring (bicyclic) bond motifs is 1. The molecule has 0 aliphatic heterocycles. The lowest BCUT2D eigenvalue weighted by molar-refractivity contribution is -0.334. The Labute approximate surface area is 125 Å². The molecule has 0 N–H and O–H groups in total. The predicted molar refractivity (Wildman–Crippen MR) is 78.6 cm³/mol. The minimum atomic E-state index is -0.716. The fourth-order valence-corrected chi connectivity index (χ4v) is 2.90. The molecular weight excluding hydrogens is 268 g/mol. The molecule has 21 heavy (non-hydrogen) atoms. The van der Waals surface area contributed by atoms with Crippen LogP contribution in [0.25, 0.3) is 0 Å². The van der Waals surface area contributed by atoms with Crippen molar-refractivity contribution in [3.63, 3.8) is 0 Å². The third kappa shape index (κ3) is 4.14. The van der Waals surface area contributed by atoms with E-state index in [9.17, 15) is 9.59 Å². The van der Waals surface area contributed by atoms with Crippen LogP contribution in [-0.4, -0.2) is 17.4 Å². The topological polar surface area (TPSA) is 52.6 Å². The smallest absolute Gasteiger partial charge is 0.300 e. The van der Waals surface area contributed by atoms with Crippen molar-refractivity contribution in [2.45, 2.75) is 58.0 Å². The first-order valence-corrected chi connectivity index (χ1v) is 7.49. The first-order valence-electron chi connectivity index (χ1n) is 7.49. The number of hydrogen-bond acceptors (Lipinski definition) is 4. The average Bonchev–Trinajstić information content (AvgIpc) is 2.45. The Morgan fingerprint density at radius 3 is 2.62 bits per heavy atom. The molecule has 0 saturated carbocycles. The molecule has 1 aromatic rings. The summed E-state index contributed by atoms with van der Waals surface area (Å²) in [6.45, 7) is 3.28. The molecule has 1 aromatic carbocycles. The van der Waals surface area contributed by atoms with E-state index >= 15 is 0 Å². The number of aryl methyl sites for hydroxylation is 1. The summed E-state index contributed by atoms with van der Waals surface area (Å²) in [4.78, 5) is 33.3. The summed E-state index contributed by atoms with van der Waals surface area (Å²) in [5, 5.41) is 0. The van der Waals surface area contributed by atoms with Gasteiger partial charge in [0, 0.05) is 26.2 Å². The van der Waals surface area contributed by atoms with Crippen molar-refractivity contribution < 1.29 is 19.4 Å². The molecule has 0 amide bonds. The maximum absolute atomic E-state index is 12.1. The normalized spacial score (nSPS) is 20.7. The van der Waals surface area contributed by atoms with Crippen molar-refractivity contribution in [2.75, 3.05) is 0 Å². The molecule has 0 radical (unpaired) electrons. The molecule has 114 valence electrons. The van der Waals surface area contributed by atoms with Crippen LogP contribution in [0.2, 0.25) is 0 Å². The number of hydrogen-bond donors (Lipinski definition) is 0. The standard InChI is InChI=1S/C17H22O4/c1-3-6-16(19)12-17(21-20-13(2)18)10-9-14-7-4-5-8-15(14)11-17/h4-5,7-8H,3,6,9-12H2,1-2H3. The van der Waals surface area contributed by atoms with Gasteiger partial charge in [-0.1, -0.05) is 31.2 Å². The van der Waals surface area contributed by atoms with E-state index in [1.165, 1.54) is 18.1 Å². The monoisotopic (exact) mass is 290 g/mol. The van der Waals surface area contributed by atoms with Gasteiger partial charge in [0.15, 0.2) is 0 Å². The molecule has 0 aromatic heterocycles. The van der Waals surface area contributed by atoms with E-state index in [2.05, 4.69) is 6.07 Å². The fraction of sp³-hybridized carbons (Fsp3) is 0.529. The lowest BCUT2D eigenvalue weighted by Gasteiger charge is -2.35. The van der Waals surface area contributed by atoms with Gasteiger partial charge in [-0.25, -0.2) is 4.79 Å². The second-order valence-corrected chi connectivity index (χ2v) is 5.75. The highest BCUT2D eigenvalue weighted by Crippen LogP contribution is 2.35. The number of carbonyl (C=O) groups is 2. The average molecular weight is 290 g/mol. The van der Waals surface area contributed by atoms with Gasteiger partial charge in [-0.3, -0.25) is 9.68 Å². The first-order chi connectivity index (χ1) is 10.0. The van der Waals surface area contributed by atoms with Crippen molar-refractivity contribution in [1.29, 1.82) is 0 Å². The molecule has 1 aliphatic rings. The predicted octanol–water partition coefficient (Wildman–Crippen LogP) is 3.17. The van der Waals surface area contributed by atoms with Crippen LogP contribution >= 0.6 is 0 Å². The minimum absolute atomic E-state index is 0.157. The molecule has 1 atom stereocenters. The Hall–Kier alpha value is -1.68. The van der Waals surface area contributed by atoms with Crippen LogP contribution < -0.4 is 0 Å². The van der Waals surface area contributed by atoms with Crippen LogP contribution in [0.15, 0.2) is 24.3 Å². The van der Waals surface area contributed by atoms with E-state index in [-0.39, 0.29) is 5.78 Å². The zero-order valence-electron chi connectivity index (χ0n) is 12.7. The summed E-state index contributed by atoms with van der Waals surface area (Å²) in [5.74, 6) is -0.333. The van der Waals surface area contributed by atoms with Gasteiger partial charge in [0.2, 0.25) is 0 Å². The summed E-state index contributed by atoms with van der Waals surface area (Å²) in [6.07, 6.45) is 3.77. The third-order valence-corrected chi connectivity index (χ3v) is 3.86. The van der Waals surface area contributed by atoms with Gasteiger partial charge in [-0.15, -0.1) is 0 Å². The molecule has 0 fully saturated rings. The zero-order valence-corrected chi connectivity index (χ0v) is 12.7. The number of rotatable bonds is 6. The zero-order chi connectivity index (χ0) is 15.3. The molecule has 1 aliphatic carbocycles. The van der Waals surface area contributed by atoms with Crippen LogP contribution in [0.1, 0.15) is 50.7 Å². The lowest BCUT2D eigenvalue weighted by Crippen LogP contribution is -2.41. The summed E-state index contributed by atoms with van der Waals surface area (Å²) < 4.78 is 0. The Bertz CT molecular complexity index is 523. The molecule has 0 bridgehead atoms. The van der Waals surface area contributed by atoms with E-state index in [4.69, 9.17) is 9.78 Å². The minimum Gasteiger partial charge on any atom is -0.300 e. The van der Waals surface area contributed by atoms with E-state index in [1.807, 2.05) is 25.1 Å².